The second kappa shape index (κ2) is 6.78. The van der Waals surface area contributed by atoms with E-state index in [9.17, 15) is 9.59 Å². The molecular formula is C16H15N3O4. The van der Waals surface area contributed by atoms with E-state index in [4.69, 9.17) is 9.47 Å². The van der Waals surface area contributed by atoms with E-state index in [0.717, 1.165) is 5.56 Å². The normalized spacial score (nSPS) is 11.8. The molecule has 1 aliphatic heterocycles. The number of carbonyl (C=O) groups is 2. The van der Waals surface area contributed by atoms with Crippen molar-refractivity contribution >= 4 is 11.8 Å². The Bertz CT molecular complexity index is 719. The number of nitrogens with one attached hydrogen (secondary N) is 2. The maximum atomic E-state index is 11.8. The summed E-state index contributed by atoms with van der Waals surface area (Å²) in [4.78, 5) is 27.4. The number of hydrogen-bond donors (Lipinski definition) is 2. The number of fused-ring (bicyclic) bond motifs is 1. The fourth-order valence-electron chi connectivity index (χ4n) is 2.07. The van der Waals surface area contributed by atoms with Gasteiger partial charge in [0.1, 0.15) is 0 Å². The SMILES string of the molecule is O=C(CNC(=O)c1cccnc1)NCc1ccc2c(c1)OCO2. The van der Waals surface area contributed by atoms with E-state index >= 15 is 0 Å². The Balaban J connectivity index is 1.46. The van der Waals surface area contributed by atoms with Gasteiger partial charge >= 0.3 is 0 Å². The number of hydrogen-bond acceptors (Lipinski definition) is 5. The van der Waals surface area contributed by atoms with Crippen LogP contribution < -0.4 is 20.1 Å². The molecule has 0 unspecified atom stereocenters. The van der Waals surface area contributed by atoms with Gasteiger partial charge in [0.25, 0.3) is 5.91 Å². The van der Waals surface area contributed by atoms with Gasteiger partial charge in [-0.05, 0) is 29.8 Å². The second-order valence-electron chi connectivity index (χ2n) is 4.89. The van der Waals surface area contributed by atoms with Crippen LogP contribution in [0.2, 0.25) is 0 Å². The van der Waals surface area contributed by atoms with Gasteiger partial charge in [-0.3, -0.25) is 14.6 Å². The standard InChI is InChI=1S/C16H15N3O4/c20-15(9-19-16(21)12-2-1-5-17-8-12)18-7-11-3-4-13-14(6-11)23-10-22-13/h1-6,8H,7,9-10H2,(H,18,20)(H,19,21). The molecular weight excluding hydrogens is 298 g/mol. The lowest BCUT2D eigenvalue weighted by molar-refractivity contribution is -0.120. The summed E-state index contributed by atoms with van der Waals surface area (Å²) in [5.74, 6) is 0.752. The maximum Gasteiger partial charge on any atom is 0.253 e. The first kappa shape index (κ1) is 14.8. The molecule has 0 saturated heterocycles. The van der Waals surface area contributed by atoms with Gasteiger partial charge in [-0.2, -0.15) is 0 Å². The summed E-state index contributed by atoms with van der Waals surface area (Å²) in [6.07, 6.45) is 3.02. The Kier molecular flexibility index (Phi) is 4.37. The molecule has 1 aromatic heterocycles. The average Bonchev–Trinajstić information content (AvgIpc) is 3.06. The number of nitrogens with zero attached hydrogens (tertiary/aromatic N) is 1. The maximum absolute atomic E-state index is 11.8. The van der Waals surface area contributed by atoms with E-state index in [0.29, 0.717) is 23.6 Å². The molecule has 0 saturated carbocycles. The molecule has 23 heavy (non-hydrogen) atoms. The average molecular weight is 313 g/mol. The van der Waals surface area contributed by atoms with Crippen molar-refractivity contribution in [1.82, 2.24) is 15.6 Å². The van der Waals surface area contributed by atoms with Crippen LogP contribution in [0.1, 0.15) is 15.9 Å². The molecule has 0 aliphatic carbocycles. The third-order valence-corrected chi connectivity index (χ3v) is 3.26. The van der Waals surface area contributed by atoms with Crippen molar-refractivity contribution in [3.63, 3.8) is 0 Å². The van der Waals surface area contributed by atoms with E-state index in [1.807, 2.05) is 12.1 Å². The van der Waals surface area contributed by atoms with Crippen LogP contribution in [-0.4, -0.2) is 30.1 Å². The molecule has 2 N–H and O–H groups in total. The van der Waals surface area contributed by atoms with Crippen LogP contribution in [0, 0.1) is 0 Å². The predicted molar refractivity (Wildman–Crippen MR) is 81.0 cm³/mol. The topological polar surface area (TPSA) is 89.6 Å². The van der Waals surface area contributed by atoms with E-state index < -0.39 is 0 Å². The molecule has 0 bridgehead atoms. The monoisotopic (exact) mass is 313 g/mol. The summed E-state index contributed by atoms with van der Waals surface area (Å²) in [6.45, 7) is 0.460. The van der Waals surface area contributed by atoms with Crippen molar-refractivity contribution in [1.29, 1.82) is 0 Å². The summed E-state index contributed by atoms with van der Waals surface area (Å²) in [5.41, 5.74) is 1.30. The summed E-state index contributed by atoms with van der Waals surface area (Å²) in [7, 11) is 0. The predicted octanol–water partition coefficient (Wildman–Crippen LogP) is 0.856. The highest BCUT2D eigenvalue weighted by Gasteiger charge is 2.13. The largest absolute Gasteiger partial charge is 0.454 e. The van der Waals surface area contributed by atoms with E-state index in [2.05, 4.69) is 15.6 Å². The molecule has 2 aromatic rings. The quantitative estimate of drug-likeness (QED) is 0.854. The number of ether oxygens (including phenoxy) is 2. The lowest BCUT2D eigenvalue weighted by Gasteiger charge is -2.07. The summed E-state index contributed by atoms with van der Waals surface area (Å²) in [5, 5.41) is 5.27. The Morgan fingerprint density at radius 1 is 1.13 bits per heavy atom. The lowest BCUT2D eigenvalue weighted by atomic mass is 10.2. The van der Waals surface area contributed by atoms with Gasteiger partial charge in [-0.15, -0.1) is 0 Å². The number of carbonyl (C=O) groups excluding carboxylic acids is 2. The van der Waals surface area contributed by atoms with Gasteiger partial charge < -0.3 is 20.1 Å². The summed E-state index contributed by atoms with van der Waals surface area (Å²) in [6, 6.07) is 8.76. The molecule has 0 spiro atoms. The first-order valence-corrected chi connectivity index (χ1v) is 7.06. The number of rotatable bonds is 5. The molecule has 1 aliphatic rings. The number of amides is 2. The summed E-state index contributed by atoms with van der Waals surface area (Å²) < 4.78 is 10.5. The molecule has 1 aromatic carbocycles. The number of pyridine rings is 1. The van der Waals surface area contributed by atoms with Crippen LogP contribution in [0.3, 0.4) is 0 Å². The highest BCUT2D eigenvalue weighted by Crippen LogP contribution is 2.32. The Morgan fingerprint density at radius 3 is 2.83 bits per heavy atom. The van der Waals surface area contributed by atoms with Gasteiger partial charge in [0.2, 0.25) is 12.7 Å². The third kappa shape index (κ3) is 3.76. The van der Waals surface area contributed by atoms with Crippen LogP contribution in [0.5, 0.6) is 11.5 Å². The zero-order valence-corrected chi connectivity index (χ0v) is 12.2. The van der Waals surface area contributed by atoms with E-state index in [-0.39, 0.29) is 25.2 Å². The molecule has 0 fully saturated rings. The molecule has 0 atom stereocenters. The second-order valence-corrected chi connectivity index (χ2v) is 4.89. The van der Waals surface area contributed by atoms with Crippen molar-refractivity contribution < 1.29 is 19.1 Å². The molecule has 7 heteroatoms. The first-order valence-electron chi connectivity index (χ1n) is 7.06. The number of aromatic nitrogens is 1. The van der Waals surface area contributed by atoms with E-state index in [1.54, 1.807) is 24.4 Å². The van der Waals surface area contributed by atoms with Crippen molar-refractivity contribution in [2.75, 3.05) is 13.3 Å². The minimum Gasteiger partial charge on any atom is -0.454 e. The molecule has 7 nitrogen and oxygen atoms in total. The molecule has 118 valence electrons. The van der Waals surface area contributed by atoms with E-state index in [1.165, 1.54) is 6.20 Å². The van der Waals surface area contributed by atoms with Crippen LogP contribution >= 0.6 is 0 Å². The molecule has 2 amide bonds. The van der Waals surface area contributed by atoms with Crippen LogP contribution in [0.15, 0.2) is 42.7 Å². The Labute approximate surface area is 132 Å². The van der Waals surface area contributed by atoms with Crippen molar-refractivity contribution in [3.05, 3.63) is 53.9 Å². The fraction of sp³-hybridized carbons (Fsp3) is 0.188. The van der Waals surface area contributed by atoms with Crippen LogP contribution in [0.25, 0.3) is 0 Å². The Hall–Kier alpha value is -3.09. The van der Waals surface area contributed by atoms with Crippen molar-refractivity contribution in [3.8, 4) is 11.5 Å². The van der Waals surface area contributed by atoms with Crippen molar-refractivity contribution in [2.24, 2.45) is 0 Å². The molecule has 2 heterocycles. The minimum atomic E-state index is -0.337. The number of benzene rings is 1. The van der Waals surface area contributed by atoms with Crippen LogP contribution in [0.4, 0.5) is 0 Å². The van der Waals surface area contributed by atoms with Gasteiger partial charge in [0.05, 0.1) is 12.1 Å². The third-order valence-electron chi connectivity index (χ3n) is 3.26. The minimum absolute atomic E-state index is 0.0989. The highest BCUT2D eigenvalue weighted by molar-refractivity contribution is 5.96. The first-order chi connectivity index (χ1) is 11.2. The van der Waals surface area contributed by atoms with Gasteiger partial charge in [0, 0.05) is 18.9 Å². The zero-order chi connectivity index (χ0) is 16.1. The van der Waals surface area contributed by atoms with Crippen molar-refractivity contribution in [2.45, 2.75) is 6.54 Å². The highest BCUT2D eigenvalue weighted by atomic mass is 16.7. The molecule has 3 rings (SSSR count). The smallest absolute Gasteiger partial charge is 0.253 e. The van der Waals surface area contributed by atoms with Gasteiger partial charge in [-0.25, -0.2) is 0 Å². The lowest BCUT2D eigenvalue weighted by Crippen LogP contribution is -2.36. The van der Waals surface area contributed by atoms with Crippen LogP contribution in [-0.2, 0) is 11.3 Å². The Morgan fingerprint density at radius 2 is 2.00 bits per heavy atom. The van der Waals surface area contributed by atoms with Gasteiger partial charge in [0.15, 0.2) is 11.5 Å². The van der Waals surface area contributed by atoms with Gasteiger partial charge in [-0.1, -0.05) is 6.07 Å². The summed E-state index contributed by atoms with van der Waals surface area (Å²) >= 11 is 0. The zero-order valence-electron chi connectivity index (χ0n) is 12.2. The molecule has 0 radical (unpaired) electrons. The fourth-order valence-corrected chi connectivity index (χ4v) is 2.07.